The number of nitrogens with one attached hydrogen (secondary N) is 1. The van der Waals surface area contributed by atoms with E-state index in [9.17, 15) is 0 Å². The van der Waals surface area contributed by atoms with Crippen molar-refractivity contribution in [3.8, 4) is 0 Å². The molecule has 0 radical (unpaired) electrons. The van der Waals surface area contributed by atoms with Crippen LogP contribution >= 0.6 is 0 Å². The van der Waals surface area contributed by atoms with Gasteiger partial charge >= 0.3 is 0 Å². The van der Waals surface area contributed by atoms with Gasteiger partial charge in [-0.1, -0.05) is 23.8 Å². The molecule has 1 heterocycles. The van der Waals surface area contributed by atoms with Crippen LogP contribution < -0.4 is 11.3 Å². The Morgan fingerprint density at radius 3 is 2.65 bits per heavy atom. The second-order valence-corrected chi connectivity index (χ2v) is 4.09. The molecule has 17 heavy (non-hydrogen) atoms. The van der Waals surface area contributed by atoms with Gasteiger partial charge in [-0.3, -0.25) is 15.8 Å². The topological polar surface area (TPSA) is 63.8 Å². The lowest BCUT2D eigenvalue weighted by Crippen LogP contribution is -2.30. The van der Waals surface area contributed by atoms with Crippen LogP contribution in [0.4, 0.5) is 0 Å². The number of hydrazine groups is 1. The van der Waals surface area contributed by atoms with E-state index in [0.29, 0.717) is 0 Å². The molecule has 0 fully saturated rings. The molecule has 0 bridgehead atoms. The van der Waals surface area contributed by atoms with Crippen molar-refractivity contribution in [1.82, 2.24) is 15.4 Å². The van der Waals surface area contributed by atoms with Gasteiger partial charge in [0.2, 0.25) is 0 Å². The monoisotopic (exact) mass is 228 g/mol. The summed E-state index contributed by atoms with van der Waals surface area (Å²) in [4.78, 5) is 8.35. The fraction of sp³-hybridized carbons (Fsp3) is 0.231. The Morgan fingerprint density at radius 2 is 2.06 bits per heavy atom. The van der Waals surface area contributed by atoms with Gasteiger partial charge in [0.05, 0.1) is 17.9 Å². The second-order valence-electron chi connectivity index (χ2n) is 4.09. The molecule has 0 saturated carbocycles. The Hall–Kier alpha value is -1.78. The van der Waals surface area contributed by atoms with E-state index < -0.39 is 0 Å². The van der Waals surface area contributed by atoms with Crippen molar-refractivity contribution in [3.63, 3.8) is 0 Å². The molecular formula is C13H16N4. The summed E-state index contributed by atoms with van der Waals surface area (Å²) >= 11 is 0. The standard InChI is InChI=1S/C13H16N4/c1-9-3-4-11(10(2)7-9)13(17-14)12-8-15-5-6-16-12/h3-8,13,17H,14H2,1-2H3. The molecule has 0 aliphatic carbocycles. The molecule has 0 spiro atoms. The lowest BCUT2D eigenvalue weighted by molar-refractivity contribution is 0.614. The maximum atomic E-state index is 5.63. The highest BCUT2D eigenvalue weighted by molar-refractivity contribution is 5.36. The molecule has 88 valence electrons. The van der Waals surface area contributed by atoms with Crippen LogP contribution in [0.1, 0.15) is 28.4 Å². The zero-order valence-electron chi connectivity index (χ0n) is 10.0. The summed E-state index contributed by atoms with van der Waals surface area (Å²) in [5.74, 6) is 5.63. The average Bonchev–Trinajstić information content (AvgIpc) is 2.34. The molecule has 4 nitrogen and oxygen atoms in total. The summed E-state index contributed by atoms with van der Waals surface area (Å²) in [6, 6.07) is 6.16. The highest BCUT2D eigenvalue weighted by Crippen LogP contribution is 2.22. The molecule has 4 heteroatoms. The van der Waals surface area contributed by atoms with Crippen LogP contribution in [0.25, 0.3) is 0 Å². The molecule has 1 unspecified atom stereocenters. The first-order valence-electron chi connectivity index (χ1n) is 5.51. The number of aromatic nitrogens is 2. The largest absolute Gasteiger partial charge is 0.271 e. The van der Waals surface area contributed by atoms with E-state index in [1.807, 2.05) is 0 Å². The van der Waals surface area contributed by atoms with Crippen LogP contribution in [0.5, 0.6) is 0 Å². The lowest BCUT2D eigenvalue weighted by atomic mass is 9.98. The molecule has 2 rings (SSSR count). The third kappa shape index (κ3) is 2.49. The Kier molecular flexibility index (Phi) is 3.46. The number of rotatable bonds is 3. The summed E-state index contributed by atoms with van der Waals surface area (Å²) in [5, 5.41) is 0. The lowest BCUT2D eigenvalue weighted by Gasteiger charge is -2.18. The van der Waals surface area contributed by atoms with E-state index in [1.165, 1.54) is 11.1 Å². The smallest absolute Gasteiger partial charge is 0.0899 e. The maximum Gasteiger partial charge on any atom is 0.0899 e. The van der Waals surface area contributed by atoms with Gasteiger partial charge in [0.1, 0.15) is 0 Å². The molecule has 1 aromatic carbocycles. The fourth-order valence-corrected chi connectivity index (χ4v) is 1.94. The number of nitrogens with two attached hydrogens (primary N) is 1. The van der Waals surface area contributed by atoms with Crippen LogP contribution in [0.15, 0.2) is 36.8 Å². The van der Waals surface area contributed by atoms with Crippen molar-refractivity contribution in [2.75, 3.05) is 0 Å². The minimum atomic E-state index is -0.121. The van der Waals surface area contributed by atoms with Gasteiger partial charge in [-0.15, -0.1) is 0 Å². The fourth-order valence-electron chi connectivity index (χ4n) is 1.94. The van der Waals surface area contributed by atoms with Crippen LogP contribution in [0, 0.1) is 13.8 Å². The van der Waals surface area contributed by atoms with Gasteiger partial charge in [0.15, 0.2) is 0 Å². The molecule has 0 aliphatic rings. The summed E-state index contributed by atoms with van der Waals surface area (Å²) < 4.78 is 0. The number of nitrogens with zero attached hydrogens (tertiary/aromatic N) is 2. The van der Waals surface area contributed by atoms with Gasteiger partial charge in [0.25, 0.3) is 0 Å². The number of hydrogen-bond acceptors (Lipinski definition) is 4. The van der Waals surface area contributed by atoms with E-state index in [2.05, 4.69) is 47.4 Å². The molecule has 1 aromatic heterocycles. The van der Waals surface area contributed by atoms with Crippen molar-refractivity contribution in [2.24, 2.45) is 5.84 Å². The van der Waals surface area contributed by atoms with E-state index >= 15 is 0 Å². The summed E-state index contributed by atoms with van der Waals surface area (Å²) in [5.41, 5.74) is 7.17. The maximum absolute atomic E-state index is 5.63. The number of benzene rings is 1. The molecule has 0 saturated heterocycles. The first kappa shape index (κ1) is 11.7. The van der Waals surface area contributed by atoms with Gasteiger partial charge in [-0.05, 0) is 25.0 Å². The highest BCUT2D eigenvalue weighted by Gasteiger charge is 2.15. The quantitative estimate of drug-likeness (QED) is 0.619. The molecule has 2 aromatic rings. The molecular weight excluding hydrogens is 212 g/mol. The van der Waals surface area contributed by atoms with Gasteiger partial charge in [0, 0.05) is 12.4 Å². The predicted molar refractivity (Wildman–Crippen MR) is 67.1 cm³/mol. The zero-order chi connectivity index (χ0) is 12.3. The van der Waals surface area contributed by atoms with Crippen molar-refractivity contribution in [1.29, 1.82) is 0 Å². The van der Waals surface area contributed by atoms with Crippen molar-refractivity contribution in [3.05, 3.63) is 59.2 Å². The SMILES string of the molecule is Cc1ccc(C(NN)c2cnccn2)c(C)c1. The van der Waals surface area contributed by atoms with Crippen molar-refractivity contribution >= 4 is 0 Å². The number of aryl methyl sites for hydroxylation is 2. The minimum absolute atomic E-state index is 0.121. The van der Waals surface area contributed by atoms with E-state index in [1.54, 1.807) is 18.6 Å². The third-order valence-electron chi connectivity index (χ3n) is 2.78. The number of hydrogen-bond donors (Lipinski definition) is 2. The minimum Gasteiger partial charge on any atom is -0.271 e. The van der Waals surface area contributed by atoms with E-state index in [4.69, 9.17) is 5.84 Å². The highest BCUT2D eigenvalue weighted by atomic mass is 15.2. The van der Waals surface area contributed by atoms with Gasteiger partial charge < -0.3 is 0 Å². The second kappa shape index (κ2) is 5.03. The summed E-state index contributed by atoms with van der Waals surface area (Å²) in [6.07, 6.45) is 5.05. The van der Waals surface area contributed by atoms with Crippen LogP contribution in [0.3, 0.4) is 0 Å². The van der Waals surface area contributed by atoms with E-state index in [0.717, 1.165) is 11.3 Å². The Bertz CT molecular complexity index is 496. The molecule has 0 aliphatic heterocycles. The summed E-state index contributed by atoms with van der Waals surface area (Å²) in [7, 11) is 0. The predicted octanol–water partition coefficient (Wildman–Crippen LogP) is 1.65. The Balaban J connectivity index is 2.42. The van der Waals surface area contributed by atoms with Gasteiger partial charge in [-0.2, -0.15) is 0 Å². The van der Waals surface area contributed by atoms with Crippen LogP contribution in [-0.4, -0.2) is 9.97 Å². The van der Waals surface area contributed by atoms with Crippen molar-refractivity contribution < 1.29 is 0 Å². The summed E-state index contributed by atoms with van der Waals surface area (Å²) in [6.45, 7) is 4.15. The first-order chi connectivity index (χ1) is 8.22. The van der Waals surface area contributed by atoms with Crippen molar-refractivity contribution in [2.45, 2.75) is 19.9 Å². The normalized spacial score (nSPS) is 12.4. The molecule has 3 N–H and O–H groups in total. The zero-order valence-corrected chi connectivity index (χ0v) is 10.0. The Morgan fingerprint density at radius 1 is 1.24 bits per heavy atom. The molecule has 0 amide bonds. The first-order valence-corrected chi connectivity index (χ1v) is 5.51. The average molecular weight is 228 g/mol. The van der Waals surface area contributed by atoms with Crippen LogP contribution in [0.2, 0.25) is 0 Å². The third-order valence-corrected chi connectivity index (χ3v) is 2.78. The molecule has 1 atom stereocenters. The van der Waals surface area contributed by atoms with Gasteiger partial charge in [-0.25, -0.2) is 5.43 Å². The van der Waals surface area contributed by atoms with Crippen LogP contribution in [-0.2, 0) is 0 Å². The Labute approximate surface area is 101 Å². The van der Waals surface area contributed by atoms with E-state index in [-0.39, 0.29) is 6.04 Å².